The van der Waals surface area contributed by atoms with Gasteiger partial charge in [-0.15, -0.1) is 0 Å². The van der Waals surface area contributed by atoms with E-state index in [1.54, 1.807) is 48.6 Å². The van der Waals surface area contributed by atoms with E-state index in [-0.39, 0.29) is 36.6 Å². The van der Waals surface area contributed by atoms with Gasteiger partial charge in [0.05, 0.1) is 32.7 Å². The summed E-state index contributed by atoms with van der Waals surface area (Å²) in [4.78, 5) is 38.5. The summed E-state index contributed by atoms with van der Waals surface area (Å²) in [5.41, 5.74) is 2.84. The molecule has 2 aromatic heterocycles. The summed E-state index contributed by atoms with van der Waals surface area (Å²) in [5, 5.41) is 9.90. The Labute approximate surface area is 223 Å². The van der Waals surface area contributed by atoms with E-state index in [2.05, 4.69) is 9.97 Å². The Balaban J connectivity index is 1.63. The van der Waals surface area contributed by atoms with Crippen LogP contribution in [0, 0.1) is 5.92 Å². The van der Waals surface area contributed by atoms with Gasteiger partial charge in [-0.05, 0) is 48.4 Å². The number of fused-ring (bicyclic) bond motifs is 1. The molecule has 9 nitrogen and oxygen atoms in total. The summed E-state index contributed by atoms with van der Waals surface area (Å²) in [7, 11) is 3.36. The van der Waals surface area contributed by atoms with Crippen molar-refractivity contribution in [3.8, 4) is 22.8 Å². The number of amides is 2. The number of aliphatic hydroxyl groups excluding tert-OH is 1. The van der Waals surface area contributed by atoms with Gasteiger partial charge in [0, 0.05) is 43.7 Å². The van der Waals surface area contributed by atoms with Crippen LogP contribution >= 0.6 is 0 Å². The topological polar surface area (TPSA) is 105 Å². The number of benzene rings is 1. The molecule has 0 fully saturated rings. The van der Waals surface area contributed by atoms with Gasteiger partial charge in [-0.25, -0.2) is 4.98 Å². The maximum absolute atomic E-state index is 13.7. The van der Waals surface area contributed by atoms with Crippen LogP contribution in [0.25, 0.3) is 11.1 Å². The van der Waals surface area contributed by atoms with Gasteiger partial charge in [-0.1, -0.05) is 19.1 Å². The number of ether oxygens (including phenoxy) is 2. The Morgan fingerprint density at radius 3 is 2.58 bits per heavy atom. The van der Waals surface area contributed by atoms with Gasteiger partial charge in [0.2, 0.25) is 11.8 Å². The van der Waals surface area contributed by atoms with E-state index in [9.17, 15) is 14.7 Å². The van der Waals surface area contributed by atoms with Crippen LogP contribution in [-0.2, 0) is 11.2 Å². The minimum absolute atomic E-state index is 0.0474. The molecular formula is C29H34N4O5. The molecule has 0 saturated carbocycles. The fourth-order valence-electron chi connectivity index (χ4n) is 4.44. The molecule has 9 heteroatoms. The van der Waals surface area contributed by atoms with Gasteiger partial charge in [-0.2, -0.15) is 0 Å². The maximum Gasteiger partial charge on any atom is 0.259 e. The highest BCUT2D eigenvalue weighted by Crippen LogP contribution is 2.31. The SMILES string of the molecule is COc1ccc(-c2cnc3c(c2)C(=O)N([C@@H](C)CO)C[C@@H](C)[C@H](CN(C)C(=O)Cc2ccncc2)O3)cc1. The summed E-state index contributed by atoms with van der Waals surface area (Å²) in [6.07, 6.45) is 4.85. The van der Waals surface area contributed by atoms with E-state index in [4.69, 9.17) is 9.47 Å². The molecule has 0 unspecified atom stereocenters. The molecule has 38 heavy (non-hydrogen) atoms. The minimum atomic E-state index is -0.416. The largest absolute Gasteiger partial charge is 0.497 e. The monoisotopic (exact) mass is 518 g/mol. The molecule has 4 rings (SSSR count). The van der Waals surface area contributed by atoms with Crippen LogP contribution in [0.2, 0.25) is 0 Å². The van der Waals surface area contributed by atoms with Gasteiger partial charge >= 0.3 is 0 Å². The number of hydrogen-bond acceptors (Lipinski definition) is 7. The number of carbonyl (C=O) groups excluding carboxylic acids is 2. The lowest BCUT2D eigenvalue weighted by atomic mass is 9.99. The first kappa shape index (κ1) is 27.1. The zero-order chi connectivity index (χ0) is 27.2. The third kappa shape index (κ3) is 6.11. The van der Waals surface area contributed by atoms with Gasteiger partial charge in [-0.3, -0.25) is 14.6 Å². The second kappa shape index (κ2) is 12.0. The van der Waals surface area contributed by atoms with Crippen LogP contribution < -0.4 is 9.47 Å². The first-order valence-electron chi connectivity index (χ1n) is 12.7. The smallest absolute Gasteiger partial charge is 0.259 e. The summed E-state index contributed by atoms with van der Waals surface area (Å²) < 4.78 is 11.6. The first-order valence-corrected chi connectivity index (χ1v) is 12.7. The molecule has 0 bridgehead atoms. The predicted octanol–water partition coefficient (Wildman–Crippen LogP) is 3.07. The van der Waals surface area contributed by atoms with E-state index < -0.39 is 12.1 Å². The predicted molar refractivity (Wildman–Crippen MR) is 143 cm³/mol. The second-order valence-electron chi connectivity index (χ2n) is 9.73. The lowest BCUT2D eigenvalue weighted by Gasteiger charge is -2.37. The van der Waals surface area contributed by atoms with E-state index in [0.29, 0.717) is 18.7 Å². The van der Waals surface area contributed by atoms with Crippen LogP contribution in [0.5, 0.6) is 11.6 Å². The number of nitrogens with zero attached hydrogens (tertiary/aromatic N) is 4. The Bertz CT molecular complexity index is 1250. The standard InChI is InChI=1S/C29H34N4O5/c1-19-16-33(20(2)18-34)29(36)25-14-23(22-5-7-24(37-4)8-6-22)15-31-28(25)38-26(19)17-32(3)27(35)13-21-9-11-30-12-10-21/h5-12,14-15,19-20,26,34H,13,16-18H2,1-4H3/t19-,20+,26+/m1/s1. The highest BCUT2D eigenvalue weighted by Gasteiger charge is 2.34. The molecule has 3 aromatic rings. The zero-order valence-corrected chi connectivity index (χ0v) is 22.2. The Hall–Kier alpha value is -3.98. The van der Waals surface area contributed by atoms with Crippen molar-refractivity contribution in [2.75, 3.05) is 33.9 Å². The third-order valence-electron chi connectivity index (χ3n) is 6.93. The van der Waals surface area contributed by atoms with Gasteiger partial charge in [0.1, 0.15) is 17.4 Å². The number of likely N-dealkylation sites (N-methyl/N-ethyl adjacent to an activating group) is 1. The maximum atomic E-state index is 13.7. The van der Waals surface area contributed by atoms with E-state index in [0.717, 1.165) is 22.4 Å². The Kier molecular flexibility index (Phi) is 8.58. The average molecular weight is 519 g/mol. The van der Waals surface area contributed by atoms with Gasteiger partial charge < -0.3 is 24.4 Å². The fourth-order valence-corrected chi connectivity index (χ4v) is 4.44. The average Bonchev–Trinajstić information content (AvgIpc) is 2.94. The molecular weight excluding hydrogens is 484 g/mol. The first-order chi connectivity index (χ1) is 18.3. The molecule has 3 heterocycles. The molecule has 0 saturated heterocycles. The molecule has 1 N–H and O–H groups in total. The van der Waals surface area contributed by atoms with Crippen LogP contribution in [0.1, 0.15) is 29.8 Å². The number of rotatable bonds is 8. The molecule has 1 aliphatic rings. The zero-order valence-electron chi connectivity index (χ0n) is 22.2. The highest BCUT2D eigenvalue weighted by atomic mass is 16.5. The van der Waals surface area contributed by atoms with E-state index in [1.165, 1.54) is 0 Å². The number of methoxy groups -OCH3 is 1. The van der Waals surface area contributed by atoms with Crippen molar-refractivity contribution in [1.29, 1.82) is 0 Å². The number of pyridine rings is 2. The lowest BCUT2D eigenvalue weighted by molar-refractivity contribution is -0.130. The molecule has 0 aliphatic carbocycles. The summed E-state index contributed by atoms with van der Waals surface area (Å²) in [5.74, 6) is 0.523. The second-order valence-corrected chi connectivity index (χ2v) is 9.73. The van der Waals surface area contributed by atoms with Gasteiger partial charge in [0.15, 0.2) is 0 Å². The van der Waals surface area contributed by atoms with Crippen molar-refractivity contribution in [3.63, 3.8) is 0 Å². The summed E-state index contributed by atoms with van der Waals surface area (Å²) >= 11 is 0. The Morgan fingerprint density at radius 1 is 1.21 bits per heavy atom. The minimum Gasteiger partial charge on any atom is -0.497 e. The number of hydrogen-bond donors (Lipinski definition) is 1. The van der Waals surface area contributed by atoms with E-state index in [1.807, 2.05) is 50.2 Å². The quantitative estimate of drug-likeness (QED) is 0.489. The van der Waals surface area contributed by atoms with Crippen molar-refractivity contribution in [2.24, 2.45) is 5.92 Å². The molecule has 0 spiro atoms. The van der Waals surface area contributed by atoms with Crippen molar-refractivity contribution >= 4 is 11.8 Å². The number of aliphatic hydroxyl groups is 1. The van der Waals surface area contributed by atoms with Crippen LogP contribution in [0.4, 0.5) is 0 Å². The van der Waals surface area contributed by atoms with Crippen molar-refractivity contribution in [1.82, 2.24) is 19.8 Å². The van der Waals surface area contributed by atoms with Crippen LogP contribution in [0.15, 0.2) is 61.1 Å². The van der Waals surface area contributed by atoms with Crippen LogP contribution in [-0.4, -0.2) is 82.7 Å². The third-order valence-corrected chi connectivity index (χ3v) is 6.93. The summed E-state index contributed by atoms with van der Waals surface area (Å²) in [6.45, 7) is 4.31. The number of aromatic nitrogens is 2. The van der Waals surface area contributed by atoms with Crippen molar-refractivity contribution < 1.29 is 24.2 Å². The molecule has 200 valence electrons. The highest BCUT2D eigenvalue weighted by molar-refractivity contribution is 5.98. The van der Waals surface area contributed by atoms with E-state index >= 15 is 0 Å². The Morgan fingerprint density at radius 2 is 1.92 bits per heavy atom. The van der Waals surface area contributed by atoms with Gasteiger partial charge in [0.25, 0.3) is 5.91 Å². The summed E-state index contributed by atoms with van der Waals surface area (Å²) in [6, 6.07) is 12.5. The molecule has 1 aliphatic heterocycles. The van der Waals surface area contributed by atoms with Crippen molar-refractivity contribution in [3.05, 3.63) is 72.2 Å². The molecule has 3 atom stereocenters. The normalized spacial score (nSPS) is 18.0. The molecule has 1 aromatic carbocycles. The lowest BCUT2D eigenvalue weighted by Crippen LogP contribution is -2.50. The molecule has 0 radical (unpaired) electrons. The van der Waals surface area contributed by atoms with Crippen LogP contribution in [0.3, 0.4) is 0 Å². The van der Waals surface area contributed by atoms with Crippen molar-refractivity contribution in [2.45, 2.75) is 32.4 Å². The fraction of sp³-hybridized carbons (Fsp3) is 0.379. The number of carbonyl (C=O) groups is 2. The molecule has 2 amide bonds.